The first-order valence-electron chi connectivity index (χ1n) is 9.25. The third kappa shape index (κ3) is 4.11. The van der Waals surface area contributed by atoms with E-state index in [0.717, 1.165) is 22.4 Å². The van der Waals surface area contributed by atoms with Crippen LogP contribution in [0.1, 0.15) is 35.3 Å². The summed E-state index contributed by atoms with van der Waals surface area (Å²) in [6.07, 6.45) is 0.186. The second-order valence-corrected chi connectivity index (χ2v) is 7.29. The van der Waals surface area contributed by atoms with Crippen molar-refractivity contribution in [3.05, 3.63) is 94.3 Å². The lowest BCUT2D eigenvalue weighted by Gasteiger charge is -2.31. The number of hydrogen-bond acceptors (Lipinski definition) is 4. The van der Waals surface area contributed by atoms with E-state index in [1.54, 1.807) is 18.2 Å². The van der Waals surface area contributed by atoms with Crippen LogP contribution in [-0.2, 0) is 0 Å². The van der Waals surface area contributed by atoms with Gasteiger partial charge in [0.15, 0.2) is 11.5 Å². The summed E-state index contributed by atoms with van der Waals surface area (Å²) in [6, 6.07) is 19.0. The molecule has 4 nitrogen and oxygen atoms in total. The van der Waals surface area contributed by atoms with Crippen LogP contribution >= 0.6 is 11.6 Å². The van der Waals surface area contributed by atoms with Gasteiger partial charge in [0.05, 0.1) is 7.11 Å². The van der Waals surface area contributed by atoms with Crippen molar-refractivity contribution in [2.45, 2.75) is 18.6 Å². The van der Waals surface area contributed by atoms with Crippen molar-refractivity contribution in [2.75, 3.05) is 7.11 Å². The van der Waals surface area contributed by atoms with Gasteiger partial charge in [-0.2, -0.15) is 0 Å². The highest BCUT2D eigenvalue weighted by Gasteiger charge is 2.28. The number of benzene rings is 3. The minimum Gasteiger partial charge on any atom is -0.504 e. The van der Waals surface area contributed by atoms with Crippen LogP contribution in [0.4, 0.5) is 4.39 Å². The predicted molar refractivity (Wildman–Crippen MR) is 112 cm³/mol. The number of phenolic OH excluding ortho intramolecular Hbond substituents is 1. The van der Waals surface area contributed by atoms with Gasteiger partial charge in [0, 0.05) is 28.8 Å². The van der Waals surface area contributed by atoms with E-state index in [0.29, 0.717) is 17.2 Å². The normalized spacial score (nSPS) is 18.9. The molecule has 0 saturated carbocycles. The number of aromatic hydroxyl groups is 1. The van der Waals surface area contributed by atoms with Crippen molar-refractivity contribution >= 4 is 17.3 Å². The molecule has 0 radical (unpaired) electrons. The SMILES string of the molecule is COc1cccc(C2CC(c3ccc(Cl)cc3)=NC(c3ccc(F)cc3)N2)c1O. The fourth-order valence-electron chi connectivity index (χ4n) is 3.52. The molecule has 0 amide bonds. The van der Waals surface area contributed by atoms with Crippen molar-refractivity contribution in [1.82, 2.24) is 5.32 Å². The molecule has 6 heteroatoms. The minimum atomic E-state index is -0.384. The van der Waals surface area contributed by atoms with Crippen molar-refractivity contribution in [3.8, 4) is 11.5 Å². The van der Waals surface area contributed by atoms with Crippen LogP contribution in [0.3, 0.4) is 0 Å². The number of methoxy groups -OCH3 is 1. The number of phenols is 1. The Kier molecular flexibility index (Phi) is 5.51. The van der Waals surface area contributed by atoms with E-state index in [-0.39, 0.29) is 23.8 Å². The number of ether oxygens (including phenoxy) is 1. The molecule has 0 bridgehead atoms. The monoisotopic (exact) mass is 410 g/mol. The number of rotatable bonds is 4. The molecule has 1 aliphatic rings. The average Bonchev–Trinajstić information content (AvgIpc) is 2.74. The Bertz CT molecular complexity index is 1040. The van der Waals surface area contributed by atoms with Gasteiger partial charge < -0.3 is 9.84 Å². The highest BCUT2D eigenvalue weighted by molar-refractivity contribution is 6.30. The Morgan fingerprint density at radius 2 is 1.79 bits per heavy atom. The van der Waals surface area contributed by atoms with Gasteiger partial charge in [0.1, 0.15) is 12.0 Å². The summed E-state index contributed by atoms with van der Waals surface area (Å²) < 4.78 is 18.7. The number of aliphatic imine (C=N–C) groups is 1. The minimum absolute atomic E-state index is 0.0997. The molecule has 4 rings (SSSR count). The Hall–Kier alpha value is -2.89. The quantitative estimate of drug-likeness (QED) is 0.604. The Morgan fingerprint density at radius 3 is 2.48 bits per heavy atom. The third-order valence-corrected chi connectivity index (χ3v) is 5.28. The van der Waals surface area contributed by atoms with E-state index in [1.165, 1.54) is 19.2 Å². The number of nitrogens with one attached hydrogen (secondary N) is 1. The molecule has 2 atom stereocenters. The topological polar surface area (TPSA) is 53.8 Å². The molecule has 0 fully saturated rings. The van der Waals surface area contributed by atoms with E-state index >= 15 is 0 Å². The molecule has 0 aromatic heterocycles. The van der Waals surface area contributed by atoms with Crippen LogP contribution in [0.2, 0.25) is 5.02 Å². The first kappa shape index (κ1) is 19.4. The molecule has 1 heterocycles. The van der Waals surface area contributed by atoms with Crippen LogP contribution in [0.15, 0.2) is 71.7 Å². The van der Waals surface area contributed by atoms with Gasteiger partial charge in [-0.25, -0.2) is 4.39 Å². The van der Waals surface area contributed by atoms with Crippen molar-refractivity contribution in [1.29, 1.82) is 0 Å². The fourth-order valence-corrected chi connectivity index (χ4v) is 3.65. The molecule has 3 aromatic rings. The Morgan fingerprint density at radius 1 is 1.07 bits per heavy atom. The Balaban J connectivity index is 1.76. The Labute approximate surface area is 173 Å². The summed E-state index contributed by atoms with van der Waals surface area (Å²) in [7, 11) is 1.52. The maximum absolute atomic E-state index is 13.4. The van der Waals surface area contributed by atoms with Gasteiger partial charge in [-0.15, -0.1) is 0 Å². The second kappa shape index (κ2) is 8.23. The summed E-state index contributed by atoms with van der Waals surface area (Å²) in [5.41, 5.74) is 3.39. The summed E-state index contributed by atoms with van der Waals surface area (Å²) in [5.74, 6) is 0.217. The maximum Gasteiger partial charge on any atom is 0.162 e. The molecule has 3 aromatic carbocycles. The van der Waals surface area contributed by atoms with Crippen LogP contribution in [0, 0.1) is 5.82 Å². The van der Waals surface area contributed by atoms with E-state index in [9.17, 15) is 9.50 Å². The van der Waals surface area contributed by atoms with Gasteiger partial charge in [-0.05, 0) is 41.5 Å². The number of nitrogens with zero attached hydrogens (tertiary/aromatic N) is 1. The van der Waals surface area contributed by atoms with Gasteiger partial charge in [0.25, 0.3) is 0 Å². The number of hydrogen-bond donors (Lipinski definition) is 2. The smallest absolute Gasteiger partial charge is 0.162 e. The molecule has 2 N–H and O–H groups in total. The molecule has 1 aliphatic heterocycles. The fraction of sp³-hybridized carbons (Fsp3) is 0.174. The predicted octanol–water partition coefficient (Wildman–Crippen LogP) is 5.42. The second-order valence-electron chi connectivity index (χ2n) is 6.86. The first-order chi connectivity index (χ1) is 14.0. The summed E-state index contributed by atoms with van der Waals surface area (Å²) in [6.45, 7) is 0. The van der Waals surface area contributed by atoms with Gasteiger partial charge >= 0.3 is 0 Å². The molecular weight excluding hydrogens is 391 g/mol. The molecule has 0 aliphatic carbocycles. The summed E-state index contributed by atoms with van der Waals surface area (Å²) in [4.78, 5) is 4.86. The van der Waals surface area contributed by atoms with Crippen molar-refractivity contribution in [3.63, 3.8) is 0 Å². The molecule has 0 spiro atoms. The molecule has 29 heavy (non-hydrogen) atoms. The van der Waals surface area contributed by atoms with Gasteiger partial charge in [-0.1, -0.05) is 48.0 Å². The van der Waals surface area contributed by atoms with Crippen LogP contribution in [-0.4, -0.2) is 17.9 Å². The van der Waals surface area contributed by atoms with E-state index in [4.69, 9.17) is 21.3 Å². The largest absolute Gasteiger partial charge is 0.504 e. The summed E-state index contributed by atoms with van der Waals surface area (Å²) >= 11 is 6.03. The zero-order valence-electron chi connectivity index (χ0n) is 15.8. The third-order valence-electron chi connectivity index (χ3n) is 5.03. The highest BCUT2D eigenvalue weighted by atomic mass is 35.5. The molecule has 2 unspecified atom stereocenters. The van der Waals surface area contributed by atoms with Crippen molar-refractivity contribution in [2.24, 2.45) is 4.99 Å². The van der Waals surface area contributed by atoms with Crippen LogP contribution in [0.25, 0.3) is 0 Å². The average molecular weight is 411 g/mol. The van der Waals surface area contributed by atoms with Gasteiger partial charge in [0.2, 0.25) is 0 Å². The first-order valence-corrected chi connectivity index (χ1v) is 9.63. The zero-order chi connectivity index (χ0) is 20.4. The maximum atomic E-state index is 13.4. The molecule has 148 valence electrons. The molecular formula is C23H20ClFN2O2. The lowest BCUT2D eigenvalue weighted by molar-refractivity contribution is 0.360. The molecule has 0 saturated heterocycles. The van der Waals surface area contributed by atoms with E-state index in [2.05, 4.69) is 5.32 Å². The highest BCUT2D eigenvalue weighted by Crippen LogP contribution is 2.38. The zero-order valence-corrected chi connectivity index (χ0v) is 16.5. The van der Waals surface area contributed by atoms with Gasteiger partial charge in [-0.3, -0.25) is 10.3 Å². The van der Waals surface area contributed by atoms with E-state index < -0.39 is 0 Å². The van der Waals surface area contributed by atoms with E-state index in [1.807, 2.05) is 36.4 Å². The summed E-state index contributed by atoms with van der Waals surface area (Å²) in [5, 5.41) is 14.8. The van der Waals surface area contributed by atoms with Crippen LogP contribution < -0.4 is 10.1 Å². The van der Waals surface area contributed by atoms with Crippen LogP contribution in [0.5, 0.6) is 11.5 Å². The van der Waals surface area contributed by atoms with Crippen molar-refractivity contribution < 1.29 is 14.2 Å². The lowest BCUT2D eigenvalue weighted by atomic mass is 9.93. The number of para-hydroxylation sites is 1. The standard InChI is InChI=1S/C23H20ClFN2O2/c1-29-21-4-2-3-18(22(21)28)20-13-19(14-5-9-16(24)10-6-14)26-23(27-20)15-7-11-17(25)12-8-15/h2-12,20,23,27-28H,13H2,1H3. The lowest BCUT2D eigenvalue weighted by Crippen LogP contribution is -2.33. The number of halogens is 2.